The summed E-state index contributed by atoms with van der Waals surface area (Å²) in [4.78, 5) is 0.276. The summed E-state index contributed by atoms with van der Waals surface area (Å²) in [5.74, 6) is 0. The van der Waals surface area contributed by atoms with E-state index in [2.05, 4.69) is 11.3 Å². The summed E-state index contributed by atoms with van der Waals surface area (Å²) in [7, 11) is -3.54. The van der Waals surface area contributed by atoms with E-state index in [4.69, 9.17) is 0 Å². The molecule has 2 aromatic rings. The average Bonchev–Trinajstić information content (AvgIpc) is 2.26. The van der Waals surface area contributed by atoms with Crippen molar-refractivity contribution in [3.63, 3.8) is 0 Å². The minimum atomic E-state index is -3.54. The predicted octanol–water partition coefficient (Wildman–Crippen LogP) is 2.65. The second-order valence-corrected chi connectivity index (χ2v) is 5.51. The van der Waals surface area contributed by atoms with E-state index in [-0.39, 0.29) is 4.90 Å². The van der Waals surface area contributed by atoms with E-state index in [1.54, 1.807) is 25.1 Å². The minimum absolute atomic E-state index is 0.276. The molecule has 0 aliphatic carbocycles. The molecule has 0 saturated heterocycles. The van der Waals surface area contributed by atoms with Crippen molar-refractivity contribution in [2.45, 2.75) is 11.8 Å². The Morgan fingerprint density at radius 1 is 1.12 bits per heavy atom. The zero-order valence-corrected chi connectivity index (χ0v) is 10.3. The van der Waals surface area contributed by atoms with Gasteiger partial charge in [0.25, 0.3) is 10.0 Å². The first kappa shape index (κ1) is 11.7. The first-order valence-corrected chi connectivity index (χ1v) is 6.65. The zero-order valence-electron chi connectivity index (χ0n) is 9.47. The van der Waals surface area contributed by atoms with E-state index < -0.39 is 10.0 Å². The van der Waals surface area contributed by atoms with Crippen LogP contribution in [0.5, 0.6) is 0 Å². The van der Waals surface area contributed by atoms with Crippen LogP contribution in [0.4, 0.5) is 0 Å². The van der Waals surface area contributed by atoms with Crippen LogP contribution in [0.1, 0.15) is 6.92 Å². The monoisotopic (exact) mass is 247 g/mol. The molecule has 0 spiro atoms. The highest BCUT2D eigenvalue weighted by molar-refractivity contribution is 7.89. The SMILES string of the molecule is C=C(C)NS(=O)(=O)c1cccc2ccccc12. The largest absolute Gasteiger partial charge is 0.284 e. The van der Waals surface area contributed by atoms with Crippen molar-refractivity contribution in [1.29, 1.82) is 0 Å². The van der Waals surface area contributed by atoms with Gasteiger partial charge in [0.1, 0.15) is 0 Å². The van der Waals surface area contributed by atoms with Gasteiger partial charge >= 0.3 is 0 Å². The molecule has 0 aromatic heterocycles. The Hall–Kier alpha value is -1.81. The van der Waals surface area contributed by atoms with Gasteiger partial charge in [-0.25, -0.2) is 8.42 Å². The van der Waals surface area contributed by atoms with Gasteiger partial charge in [0.05, 0.1) is 4.90 Å². The van der Waals surface area contributed by atoms with Crippen molar-refractivity contribution in [3.05, 3.63) is 54.7 Å². The third kappa shape index (κ3) is 2.31. The Labute approximate surface area is 101 Å². The van der Waals surface area contributed by atoms with Gasteiger partial charge in [0.15, 0.2) is 0 Å². The van der Waals surface area contributed by atoms with E-state index in [1.165, 1.54) is 0 Å². The van der Waals surface area contributed by atoms with Crippen LogP contribution in [0.15, 0.2) is 59.6 Å². The van der Waals surface area contributed by atoms with Crippen molar-refractivity contribution in [2.75, 3.05) is 0 Å². The Morgan fingerprint density at radius 3 is 2.47 bits per heavy atom. The molecule has 1 N–H and O–H groups in total. The van der Waals surface area contributed by atoms with Crippen LogP contribution in [-0.4, -0.2) is 8.42 Å². The first-order valence-electron chi connectivity index (χ1n) is 5.17. The molecule has 0 heterocycles. The molecule has 2 aromatic carbocycles. The van der Waals surface area contributed by atoms with Gasteiger partial charge in [-0.05, 0) is 18.4 Å². The second kappa shape index (κ2) is 4.22. The molecule has 4 heteroatoms. The Morgan fingerprint density at radius 2 is 1.76 bits per heavy atom. The Kier molecular flexibility index (Phi) is 2.90. The lowest BCUT2D eigenvalue weighted by Crippen LogP contribution is -2.21. The lowest BCUT2D eigenvalue weighted by Gasteiger charge is -2.09. The molecule has 0 aliphatic rings. The van der Waals surface area contributed by atoms with Gasteiger partial charge in [-0.15, -0.1) is 0 Å². The highest BCUT2D eigenvalue weighted by Gasteiger charge is 2.16. The lowest BCUT2D eigenvalue weighted by molar-refractivity contribution is 0.589. The number of sulfonamides is 1. The summed E-state index contributed by atoms with van der Waals surface area (Å²) in [6.45, 7) is 5.17. The fourth-order valence-corrected chi connectivity index (χ4v) is 3.02. The minimum Gasteiger partial charge on any atom is -0.284 e. The van der Waals surface area contributed by atoms with Crippen LogP contribution in [-0.2, 0) is 10.0 Å². The van der Waals surface area contributed by atoms with E-state index >= 15 is 0 Å². The van der Waals surface area contributed by atoms with Gasteiger partial charge in [0.2, 0.25) is 0 Å². The molecule has 88 valence electrons. The van der Waals surface area contributed by atoms with Crippen LogP contribution >= 0.6 is 0 Å². The average molecular weight is 247 g/mol. The number of nitrogens with one attached hydrogen (secondary N) is 1. The normalized spacial score (nSPS) is 11.4. The van der Waals surface area contributed by atoms with Gasteiger partial charge in [0, 0.05) is 11.1 Å². The number of hydrogen-bond acceptors (Lipinski definition) is 2. The van der Waals surface area contributed by atoms with Crippen LogP contribution < -0.4 is 4.72 Å². The molecule has 0 fully saturated rings. The third-order valence-corrected chi connectivity index (χ3v) is 3.90. The number of hydrogen-bond donors (Lipinski definition) is 1. The molecule has 2 rings (SSSR count). The quantitative estimate of drug-likeness (QED) is 0.906. The fraction of sp³-hybridized carbons (Fsp3) is 0.0769. The maximum absolute atomic E-state index is 12.1. The third-order valence-electron chi connectivity index (χ3n) is 2.35. The van der Waals surface area contributed by atoms with E-state index in [1.807, 2.05) is 24.3 Å². The zero-order chi connectivity index (χ0) is 12.5. The highest BCUT2D eigenvalue weighted by atomic mass is 32.2. The summed E-state index contributed by atoms with van der Waals surface area (Å²) >= 11 is 0. The standard InChI is InChI=1S/C13H13NO2S/c1-10(2)14-17(15,16)13-9-5-7-11-6-3-4-8-12(11)13/h3-9,14H,1H2,2H3. The highest BCUT2D eigenvalue weighted by Crippen LogP contribution is 2.22. The number of benzene rings is 2. The van der Waals surface area contributed by atoms with E-state index in [0.29, 0.717) is 11.1 Å². The summed E-state index contributed by atoms with van der Waals surface area (Å²) in [5, 5.41) is 1.61. The summed E-state index contributed by atoms with van der Waals surface area (Å²) in [6, 6.07) is 12.6. The molecule has 0 atom stereocenters. The predicted molar refractivity (Wildman–Crippen MR) is 69.1 cm³/mol. The Bertz CT molecular complexity index is 669. The van der Waals surface area contributed by atoms with Crippen molar-refractivity contribution < 1.29 is 8.42 Å². The van der Waals surface area contributed by atoms with Gasteiger partial charge in [-0.1, -0.05) is 43.0 Å². The molecule has 0 unspecified atom stereocenters. The van der Waals surface area contributed by atoms with Gasteiger partial charge in [-0.3, -0.25) is 4.72 Å². The number of allylic oxidation sites excluding steroid dienone is 1. The molecule has 0 radical (unpaired) electrons. The van der Waals surface area contributed by atoms with Crippen molar-refractivity contribution >= 4 is 20.8 Å². The van der Waals surface area contributed by atoms with Crippen LogP contribution in [0, 0.1) is 0 Å². The maximum Gasteiger partial charge on any atom is 0.262 e. The number of rotatable bonds is 3. The van der Waals surface area contributed by atoms with Crippen molar-refractivity contribution in [1.82, 2.24) is 4.72 Å². The van der Waals surface area contributed by atoms with Crippen LogP contribution in [0.3, 0.4) is 0 Å². The topological polar surface area (TPSA) is 46.2 Å². The molecule has 0 amide bonds. The molecular weight excluding hydrogens is 234 g/mol. The summed E-state index contributed by atoms with van der Waals surface area (Å²) < 4.78 is 26.6. The first-order chi connectivity index (χ1) is 8.00. The molecule has 3 nitrogen and oxygen atoms in total. The van der Waals surface area contributed by atoms with E-state index in [9.17, 15) is 8.42 Å². The molecule has 0 aliphatic heterocycles. The number of fused-ring (bicyclic) bond motifs is 1. The fourth-order valence-electron chi connectivity index (χ4n) is 1.71. The summed E-state index contributed by atoms with van der Waals surface area (Å²) in [5.41, 5.74) is 0.401. The van der Waals surface area contributed by atoms with Crippen LogP contribution in [0.25, 0.3) is 10.8 Å². The molecule has 0 saturated carbocycles. The lowest BCUT2D eigenvalue weighted by atomic mass is 10.1. The Balaban J connectivity index is 2.67. The smallest absolute Gasteiger partial charge is 0.262 e. The molecular formula is C13H13NO2S. The summed E-state index contributed by atoms with van der Waals surface area (Å²) in [6.07, 6.45) is 0. The van der Waals surface area contributed by atoms with Crippen molar-refractivity contribution in [3.8, 4) is 0 Å². The van der Waals surface area contributed by atoms with Gasteiger partial charge < -0.3 is 0 Å². The molecule has 0 bridgehead atoms. The van der Waals surface area contributed by atoms with E-state index in [0.717, 1.165) is 5.39 Å². The maximum atomic E-state index is 12.1. The van der Waals surface area contributed by atoms with Crippen molar-refractivity contribution in [2.24, 2.45) is 0 Å². The van der Waals surface area contributed by atoms with Crippen LogP contribution in [0.2, 0.25) is 0 Å². The molecule has 17 heavy (non-hydrogen) atoms. The second-order valence-electron chi connectivity index (χ2n) is 3.86. The van der Waals surface area contributed by atoms with Gasteiger partial charge in [-0.2, -0.15) is 0 Å².